The van der Waals surface area contributed by atoms with Crippen LogP contribution in [0.5, 0.6) is 17.4 Å². The summed E-state index contributed by atoms with van der Waals surface area (Å²) in [5.41, 5.74) is 2.16. The van der Waals surface area contributed by atoms with Crippen molar-refractivity contribution < 1.29 is 59.1 Å². The minimum atomic E-state index is -3.98. The van der Waals surface area contributed by atoms with Gasteiger partial charge in [-0.2, -0.15) is 15.2 Å². The standard InChI is InChI=1S/C63H71N8O13PS2/c1-43(2)71(44(3)4)85(82-35-17-34-64)84-54-40-57(83-55(54)41-81-63(45-18-11-9-12-19-45,46-26-30-48(77-7)31-27-46)47-28-32-49(78-8)33-29-47)70-42-65-58-59(70)66-61(67-60(58)79-36-38-86(73,74)50-20-13-10-14-21-50)68-62(72)80-37-39-87(75,76)56-25-16-22-51-52(56)23-15-24-53(51)69(5)6/h9-16,18-33,42-44,54-55,57H,17,35-41H2,1-8H3,(H,66,67,68,72)/t54-,55+,57+,85?/m0/s1. The van der Waals surface area contributed by atoms with E-state index in [9.17, 15) is 26.9 Å². The molecule has 0 saturated carbocycles. The Bertz CT molecular complexity index is 3840. The lowest BCUT2D eigenvalue weighted by Crippen LogP contribution is -2.39. The first-order valence-corrected chi connectivity index (χ1v) is 32.7. The molecular weight excluding hydrogens is 1170 g/mol. The van der Waals surface area contributed by atoms with Crippen LogP contribution in [-0.4, -0.2) is 138 Å². The van der Waals surface area contributed by atoms with Crippen molar-refractivity contribution in [1.29, 1.82) is 5.26 Å². The van der Waals surface area contributed by atoms with Gasteiger partial charge < -0.3 is 42.4 Å². The monoisotopic (exact) mass is 1240 g/mol. The van der Waals surface area contributed by atoms with Crippen molar-refractivity contribution in [3.63, 3.8) is 0 Å². The lowest BCUT2D eigenvalue weighted by Gasteiger charge is -2.39. The van der Waals surface area contributed by atoms with Gasteiger partial charge in [0.2, 0.25) is 11.8 Å². The molecule has 0 aliphatic carbocycles. The van der Waals surface area contributed by atoms with Crippen molar-refractivity contribution in [2.75, 3.05) is 76.5 Å². The molecule has 8 aromatic rings. The van der Waals surface area contributed by atoms with Gasteiger partial charge in [-0.15, -0.1) is 0 Å². The number of amides is 1. The molecule has 1 aliphatic rings. The third kappa shape index (κ3) is 14.6. The minimum Gasteiger partial charge on any atom is -0.497 e. The molecular formula is C63H71N8O13PS2. The van der Waals surface area contributed by atoms with Gasteiger partial charge in [0.15, 0.2) is 30.8 Å². The van der Waals surface area contributed by atoms with E-state index in [0.717, 1.165) is 27.8 Å². The summed E-state index contributed by atoms with van der Waals surface area (Å²) < 4.78 is 109. The zero-order valence-electron chi connectivity index (χ0n) is 49.7. The molecule has 24 heteroatoms. The van der Waals surface area contributed by atoms with Crippen molar-refractivity contribution in [2.24, 2.45) is 0 Å². The van der Waals surface area contributed by atoms with Gasteiger partial charge in [0, 0.05) is 49.1 Å². The van der Waals surface area contributed by atoms with Crippen LogP contribution in [0.4, 0.5) is 16.4 Å². The first-order chi connectivity index (χ1) is 41.9. The highest BCUT2D eigenvalue weighted by molar-refractivity contribution is 7.91. The fourth-order valence-corrected chi connectivity index (χ4v) is 14.7. The third-order valence-corrected chi connectivity index (χ3v) is 20.2. The molecule has 87 heavy (non-hydrogen) atoms. The van der Waals surface area contributed by atoms with Gasteiger partial charge in [-0.3, -0.25) is 9.88 Å². The highest BCUT2D eigenvalue weighted by Gasteiger charge is 2.45. The number of fused-ring (bicyclic) bond motifs is 2. The maximum atomic E-state index is 13.9. The number of ether oxygens (including phenoxy) is 6. The van der Waals surface area contributed by atoms with E-state index >= 15 is 0 Å². The molecule has 458 valence electrons. The average molecular weight is 1240 g/mol. The molecule has 1 unspecified atom stereocenters. The molecule has 0 radical (unpaired) electrons. The Morgan fingerprint density at radius 3 is 1.99 bits per heavy atom. The van der Waals surface area contributed by atoms with Crippen LogP contribution in [0, 0.1) is 11.3 Å². The van der Waals surface area contributed by atoms with Crippen molar-refractivity contribution >= 4 is 67.9 Å². The summed E-state index contributed by atoms with van der Waals surface area (Å²) in [6.45, 7) is 7.31. The van der Waals surface area contributed by atoms with Crippen molar-refractivity contribution in [3.8, 4) is 23.4 Å². The number of hydrogen-bond acceptors (Lipinski definition) is 19. The van der Waals surface area contributed by atoms with Crippen LogP contribution in [-0.2, 0) is 48.5 Å². The van der Waals surface area contributed by atoms with Gasteiger partial charge in [0.25, 0.3) is 8.53 Å². The molecule has 1 amide bonds. The van der Waals surface area contributed by atoms with E-state index in [1.807, 2.05) is 138 Å². The molecule has 1 fully saturated rings. The lowest BCUT2D eigenvalue weighted by molar-refractivity contribution is -0.0912. The van der Waals surface area contributed by atoms with Crippen LogP contribution in [0.1, 0.15) is 63.5 Å². The summed E-state index contributed by atoms with van der Waals surface area (Å²) >= 11 is 0. The second kappa shape index (κ2) is 28.4. The summed E-state index contributed by atoms with van der Waals surface area (Å²) in [5, 5.41) is 13.4. The second-order valence-electron chi connectivity index (χ2n) is 21.1. The molecule has 1 saturated heterocycles. The summed E-state index contributed by atoms with van der Waals surface area (Å²) in [6.07, 6.45) is -1.82. The highest BCUT2D eigenvalue weighted by atomic mass is 32.2. The molecule has 6 aromatic carbocycles. The summed E-state index contributed by atoms with van der Waals surface area (Å²) in [5.74, 6) is -0.197. The van der Waals surface area contributed by atoms with E-state index in [4.69, 9.17) is 42.5 Å². The lowest BCUT2D eigenvalue weighted by atomic mass is 9.80. The van der Waals surface area contributed by atoms with E-state index in [1.165, 1.54) is 24.5 Å². The first kappa shape index (κ1) is 63.7. The molecule has 3 heterocycles. The predicted octanol–water partition coefficient (Wildman–Crippen LogP) is 10.9. The van der Waals surface area contributed by atoms with Gasteiger partial charge in [-0.05, 0) is 92.9 Å². The van der Waals surface area contributed by atoms with Crippen LogP contribution < -0.4 is 24.4 Å². The summed E-state index contributed by atoms with van der Waals surface area (Å²) in [4.78, 5) is 29.7. The molecule has 9 rings (SSSR count). The SMILES string of the molecule is COc1ccc(C(OC[C@H]2O[C@@H](n3cnc4c(OCCS(=O)(=O)c5ccccc5)nc(NC(=O)OCCS(=O)(=O)c5cccc6c(N(C)C)cccc56)nc43)C[C@@H]2OP(OCCC#N)N(C(C)C)C(C)C)(c2ccccc2)c2ccc(OC)cc2)cc1. The molecule has 1 aliphatic heterocycles. The average Bonchev–Trinajstić information content (AvgIpc) is 1.73. The normalized spacial score (nSPS) is 15.9. The number of carbonyl (C=O) groups excluding carboxylic acids is 1. The van der Waals surface area contributed by atoms with E-state index in [1.54, 1.807) is 55.2 Å². The van der Waals surface area contributed by atoms with Crippen LogP contribution in [0.3, 0.4) is 0 Å². The highest BCUT2D eigenvalue weighted by Crippen LogP contribution is 2.51. The van der Waals surface area contributed by atoms with Gasteiger partial charge in [-0.1, -0.05) is 97.1 Å². The van der Waals surface area contributed by atoms with Gasteiger partial charge in [0.1, 0.15) is 42.6 Å². The van der Waals surface area contributed by atoms with E-state index in [-0.39, 0.29) is 77.5 Å². The maximum absolute atomic E-state index is 13.9. The molecule has 1 N–H and O–H groups in total. The Morgan fingerprint density at radius 2 is 1.37 bits per heavy atom. The van der Waals surface area contributed by atoms with Crippen LogP contribution >= 0.6 is 8.53 Å². The Morgan fingerprint density at radius 1 is 0.759 bits per heavy atom. The number of hydrogen-bond donors (Lipinski definition) is 1. The summed E-state index contributed by atoms with van der Waals surface area (Å²) in [6, 6.07) is 45.6. The number of methoxy groups -OCH3 is 2. The van der Waals surface area contributed by atoms with E-state index in [2.05, 4.69) is 26.0 Å². The topological polar surface area (TPSA) is 245 Å². The molecule has 21 nitrogen and oxygen atoms in total. The number of imidazole rings is 1. The number of carbonyl (C=O) groups is 1. The molecule has 4 atom stereocenters. The fourth-order valence-electron chi connectivity index (χ4n) is 10.5. The minimum absolute atomic E-state index is 0.0416. The van der Waals surface area contributed by atoms with Gasteiger partial charge in [0.05, 0.1) is 73.7 Å². The van der Waals surface area contributed by atoms with Gasteiger partial charge >= 0.3 is 6.09 Å². The molecule has 0 spiro atoms. The zero-order valence-corrected chi connectivity index (χ0v) is 52.2. The number of anilines is 2. The number of sulfone groups is 2. The van der Waals surface area contributed by atoms with Crippen LogP contribution in [0.2, 0.25) is 0 Å². The number of nitriles is 1. The van der Waals surface area contributed by atoms with Crippen molar-refractivity contribution in [2.45, 2.75) is 86.4 Å². The zero-order chi connectivity index (χ0) is 61.9. The second-order valence-corrected chi connectivity index (χ2v) is 26.7. The van der Waals surface area contributed by atoms with Crippen LogP contribution in [0.15, 0.2) is 162 Å². The number of nitrogens with zero attached hydrogens (tertiary/aromatic N) is 7. The van der Waals surface area contributed by atoms with Crippen molar-refractivity contribution in [1.82, 2.24) is 24.2 Å². The Balaban J connectivity index is 1.07. The number of rotatable bonds is 28. The quantitative estimate of drug-likeness (QED) is 0.0272. The third-order valence-electron chi connectivity index (χ3n) is 14.6. The molecule has 2 aromatic heterocycles. The molecule has 0 bridgehead atoms. The summed E-state index contributed by atoms with van der Waals surface area (Å²) in [7, 11) is -2.69. The Labute approximate surface area is 508 Å². The maximum Gasteiger partial charge on any atom is 0.414 e. The first-order valence-electron chi connectivity index (χ1n) is 28.3. The number of aromatic nitrogens is 4. The van der Waals surface area contributed by atoms with Crippen LogP contribution in [0.25, 0.3) is 21.9 Å². The number of nitrogens with one attached hydrogen (secondary N) is 1. The largest absolute Gasteiger partial charge is 0.497 e. The smallest absolute Gasteiger partial charge is 0.414 e. The van der Waals surface area contributed by atoms with E-state index < -0.39 is 76.4 Å². The van der Waals surface area contributed by atoms with Crippen molar-refractivity contribution in [3.05, 3.63) is 169 Å². The number of benzene rings is 6. The Hall–Kier alpha value is -7.78. The van der Waals surface area contributed by atoms with E-state index in [0.29, 0.717) is 16.9 Å². The fraction of sp³-hybridized carbons (Fsp3) is 0.349. The Kier molecular flexibility index (Phi) is 20.8. The predicted molar refractivity (Wildman–Crippen MR) is 331 cm³/mol. The van der Waals surface area contributed by atoms with Gasteiger partial charge in [-0.25, -0.2) is 31.3 Å².